The standard InChI is InChI=1S/C40H38N2/c1-3-11-31-17-23-37(24-18-31)41(35-13-7-5-8-14-35)39-27-21-34-30-40(28-22-33(34)29-39)42(36-15-9-6-10-16-36)38-25-19-32(12-4-2)20-26-38/h5-10,13-30H,3-4,11-12H2,1-2H3. The van der Waals surface area contributed by atoms with Gasteiger partial charge in [0.1, 0.15) is 0 Å². The third-order valence-corrected chi connectivity index (χ3v) is 7.82. The van der Waals surface area contributed by atoms with E-state index in [4.69, 9.17) is 0 Å². The first-order valence-corrected chi connectivity index (χ1v) is 15.2. The lowest BCUT2D eigenvalue weighted by Gasteiger charge is -2.27. The second-order valence-corrected chi connectivity index (χ2v) is 10.9. The summed E-state index contributed by atoms with van der Waals surface area (Å²) in [5.41, 5.74) is 9.69. The molecule has 42 heavy (non-hydrogen) atoms. The van der Waals surface area contributed by atoms with E-state index in [2.05, 4.69) is 169 Å². The van der Waals surface area contributed by atoms with Gasteiger partial charge in [0.25, 0.3) is 0 Å². The van der Waals surface area contributed by atoms with Crippen LogP contribution in [0.3, 0.4) is 0 Å². The van der Waals surface area contributed by atoms with Crippen molar-refractivity contribution in [3.63, 3.8) is 0 Å². The third-order valence-electron chi connectivity index (χ3n) is 7.82. The molecule has 0 atom stereocenters. The van der Waals surface area contributed by atoms with Crippen molar-refractivity contribution in [2.75, 3.05) is 9.80 Å². The van der Waals surface area contributed by atoms with Crippen LogP contribution in [-0.4, -0.2) is 0 Å². The van der Waals surface area contributed by atoms with Crippen LogP contribution in [0.5, 0.6) is 0 Å². The van der Waals surface area contributed by atoms with Gasteiger partial charge >= 0.3 is 0 Å². The van der Waals surface area contributed by atoms with Gasteiger partial charge in [-0.1, -0.05) is 99.5 Å². The van der Waals surface area contributed by atoms with Crippen LogP contribution < -0.4 is 9.80 Å². The lowest BCUT2D eigenvalue weighted by Crippen LogP contribution is -2.10. The predicted molar refractivity (Wildman–Crippen MR) is 181 cm³/mol. The number of para-hydroxylation sites is 2. The second-order valence-electron chi connectivity index (χ2n) is 10.9. The molecule has 0 heterocycles. The van der Waals surface area contributed by atoms with E-state index in [0.29, 0.717) is 0 Å². The Labute approximate surface area is 250 Å². The number of nitrogens with zero attached hydrogens (tertiary/aromatic N) is 2. The Morgan fingerprint density at radius 1 is 0.357 bits per heavy atom. The van der Waals surface area contributed by atoms with Crippen LogP contribution in [0.2, 0.25) is 0 Å². The summed E-state index contributed by atoms with van der Waals surface area (Å²) in [5, 5.41) is 2.43. The molecule has 0 unspecified atom stereocenters. The van der Waals surface area contributed by atoms with Crippen molar-refractivity contribution in [2.24, 2.45) is 0 Å². The maximum absolute atomic E-state index is 2.34. The maximum atomic E-state index is 2.34. The summed E-state index contributed by atoms with van der Waals surface area (Å²) in [4.78, 5) is 4.69. The average Bonchev–Trinajstić information content (AvgIpc) is 3.04. The minimum Gasteiger partial charge on any atom is -0.310 e. The number of fused-ring (bicyclic) bond motifs is 1. The molecule has 6 aromatic rings. The zero-order chi connectivity index (χ0) is 28.7. The lowest BCUT2D eigenvalue weighted by molar-refractivity contribution is 0.922. The van der Waals surface area contributed by atoms with Gasteiger partial charge in [0.05, 0.1) is 0 Å². The molecule has 0 spiro atoms. The summed E-state index contributed by atoms with van der Waals surface area (Å²) in [6, 6.07) is 52.9. The first-order chi connectivity index (χ1) is 20.7. The monoisotopic (exact) mass is 546 g/mol. The van der Waals surface area contributed by atoms with Gasteiger partial charge in [-0.3, -0.25) is 0 Å². The highest BCUT2D eigenvalue weighted by molar-refractivity contribution is 5.93. The molecule has 6 rings (SSSR count). The van der Waals surface area contributed by atoms with Crippen LogP contribution in [0.1, 0.15) is 37.8 Å². The number of hydrogen-bond acceptors (Lipinski definition) is 2. The van der Waals surface area contributed by atoms with Gasteiger partial charge in [0, 0.05) is 34.1 Å². The summed E-state index contributed by atoms with van der Waals surface area (Å²) < 4.78 is 0. The predicted octanol–water partition coefficient (Wildman–Crippen LogP) is 11.7. The largest absolute Gasteiger partial charge is 0.310 e. The highest BCUT2D eigenvalue weighted by Gasteiger charge is 2.15. The number of hydrogen-bond donors (Lipinski definition) is 0. The minimum atomic E-state index is 1.10. The third kappa shape index (κ3) is 5.94. The van der Waals surface area contributed by atoms with E-state index in [1.165, 1.54) is 33.3 Å². The molecule has 0 aliphatic carbocycles. The van der Waals surface area contributed by atoms with Crippen LogP contribution >= 0.6 is 0 Å². The van der Waals surface area contributed by atoms with Crippen molar-refractivity contribution < 1.29 is 0 Å². The first kappa shape index (κ1) is 27.4. The number of benzene rings is 6. The normalized spacial score (nSPS) is 11.0. The van der Waals surface area contributed by atoms with Crippen molar-refractivity contribution in [1.82, 2.24) is 0 Å². The maximum Gasteiger partial charge on any atom is 0.0468 e. The summed E-state index contributed by atoms with van der Waals surface area (Å²) in [6.45, 7) is 4.46. The minimum absolute atomic E-state index is 1.10. The van der Waals surface area contributed by atoms with E-state index in [-0.39, 0.29) is 0 Å². The molecule has 0 amide bonds. The Bertz CT molecular complexity index is 1590. The van der Waals surface area contributed by atoms with E-state index >= 15 is 0 Å². The molecular weight excluding hydrogens is 508 g/mol. The number of anilines is 6. The van der Waals surface area contributed by atoms with E-state index in [0.717, 1.165) is 48.4 Å². The molecule has 0 aromatic heterocycles. The molecule has 0 aliphatic heterocycles. The van der Waals surface area contributed by atoms with Crippen molar-refractivity contribution in [3.8, 4) is 0 Å². The molecule has 0 saturated carbocycles. The molecule has 2 nitrogen and oxygen atoms in total. The Hall–Kier alpha value is -4.82. The summed E-state index contributed by atoms with van der Waals surface area (Å²) in [5.74, 6) is 0. The van der Waals surface area contributed by atoms with E-state index in [1.54, 1.807) is 0 Å². The number of aryl methyl sites for hydroxylation is 2. The fourth-order valence-electron chi connectivity index (χ4n) is 5.75. The zero-order valence-corrected chi connectivity index (χ0v) is 24.6. The Morgan fingerprint density at radius 3 is 1.05 bits per heavy atom. The Balaban J connectivity index is 1.39. The van der Waals surface area contributed by atoms with Crippen molar-refractivity contribution in [1.29, 1.82) is 0 Å². The van der Waals surface area contributed by atoms with Gasteiger partial charge in [0.15, 0.2) is 0 Å². The van der Waals surface area contributed by atoms with Crippen LogP contribution in [-0.2, 0) is 12.8 Å². The smallest absolute Gasteiger partial charge is 0.0468 e. The number of rotatable bonds is 10. The highest BCUT2D eigenvalue weighted by atomic mass is 15.1. The highest BCUT2D eigenvalue weighted by Crippen LogP contribution is 2.39. The lowest BCUT2D eigenvalue weighted by atomic mass is 10.0. The SMILES string of the molecule is CCCc1ccc(N(c2ccccc2)c2ccc3cc(N(c4ccccc4)c4ccc(CCC)cc4)ccc3c2)cc1. The van der Waals surface area contributed by atoms with Crippen LogP contribution in [0.15, 0.2) is 146 Å². The molecule has 0 fully saturated rings. The quantitative estimate of drug-likeness (QED) is 0.169. The molecule has 0 aliphatic rings. The van der Waals surface area contributed by atoms with Gasteiger partial charge in [-0.15, -0.1) is 0 Å². The Morgan fingerprint density at radius 2 is 0.690 bits per heavy atom. The van der Waals surface area contributed by atoms with Crippen molar-refractivity contribution in [2.45, 2.75) is 39.5 Å². The van der Waals surface area contributed by atoms with Gasteiger partial charge in [-0.25, -0.2) is 0 Å². The molecule has 0 radical (unpaired) electrons. The Kier molecular flexibility index (Phi) is 8.33. The van der Waals surface area contributed by atoms with E-state index < -0.39 is 0 Å². The van der Waals surface area contributed by atoms with E-state index in [1.807, 2.05) is 0 Å². The molecule has 0 N–H and O–H groups in total. The topological polar surface area (TPSA) is 6.48 Å². The first-order valence-electron chi connectivity index (χ1n) is 15.2. The molecule has 0 saturated heterocycles. The van der Waals surface area contributed by atoms with Crippen LogP contribution in [0.25, 0.3) is 10.8 Å². The molecule has 6 aromatic carbocycles. The van der Waals surface area contributed by atoms with E-state index in [9.17, 15) is 0 Å². The zero-order valence-electron chi connectivity index (χ0n) is 24.6. The van der Waals surface area contributed by atoms with Crippen molar-refractivity contribution >= 4 is 44.9 Å². The van der Waals surface area contributed by atoms with Gasteiger partial charge < -0.3 is 9.80 Å². The van der Waals surface area contributed by atoms with Crippen LogP contribution in [0, 0.1) is 0 Å². The van der Waals surface area contributed by atoms with Crippen LogP contribution in [0.4, 0.5) is 34.1 Å². The summed E-state index contributed by atoms with van der Waals surface area (Å²) in [7, 11) is 0. The molecule has 2 heteroatoms. The molecule has 0 bridgehead atoms. The fourth-order valence-corrected chi connectivity index (χ4v) is 5.75. The fraction of sp³-hybridized carbons (Fsp3) is 0.150. The average molecular weight is 547 g/mol. The summed E-state index contributed by atoms with van der Waals surface area (Å²) >= 11 is 0. The molecule has 208 valence electrons. The summed E-state index contributed by atoms with van der Waals surface area (Å²) in [6.07, 6.45) is 4.51. The van der Waals surface area contributed by atoms with Gasteiger partial charge in [-0.2, -0.15) is 0 Å². The van der Waals surface area contributed by atoms with Crippen molar-refractivity contribution in [3.05, 3.63) is 157 Å². The van der Waals surface area contributed by atoms with Gasteiger partial charge in [0.2, 0.25) is 0 Å². The van der Waals surface area contributed by atoms with Gasteiger partial charge in [-0.05, 0) is 108 Å². The second kappa shape index (κ2) is 12.8. The molecular formula is C40H38N2.